The van der Waals surface area contributed by atoms with Crippen molar-refractivity contribution in [3.05, 3.63) is 36.3 Å². The van der Waals surface area contributed by atoms with Crippen LogP contribution in [0.5, 0.6) is 0 Å². The van der Waals surface area contributed by atoms with Crippen LogP contribution in [0, 0.1) is 5.82 Å². The van der Waals surface area contributed by atoms with E-state index in [1.54, 1.807) is 24.4 Å². The molecular formula is C13H14FNO4. The number of hydrogen-bond donors (Lipinski definition) is 3. The van der Waals surface area contributed by atoms with Gasteiger partial charge in [-0.1, -0.05) is 12.1 Å². The van der Waals surface area contributed by atoms with Crippen LogP contribution in [0.3, 0.4) is 0 Å². The summed E-state index contributed by atoms with van der Waals surface area (Å²) >= 11 is 0. The summed E-state index contributed by atoms with van der Waals surface area (Å²) in [5, 5.41) is 29.4. The van der Waals surface area contributed by atoms with Crippen LogP contribution < -0.4 is 0 Å². The highest BCUT2D eigenvalue weighted by atomic mass is 19.1. The van der Waals surface area contributed by atoms with Crippen molar-refractivity contribution >= 4 is 10.9 Å². The first-order valence-electron chi connectivity index (χ1n) is 6.01. The Balaban J connectivity index is 2.06. The fourth-order valence-electron chi connectivity index (χ4n) is 2.50. The number of aliphatic hydroxyl groups is 3. The highest BCUT2D eigenvalue weighted by Gasteiger charge is 2.43. The Morgan fingerprint density at radius 1 is 1.21 bits per heavy atom. The second-order valence-electron chi connectivity index (χ2n) is 4.63. The van der Waals surface area contributed by atoms with Gasteiger partial charge in [0.05, 0.1) is 12.1 Å². The molecule has 1 aliphatic heterocycles. The van der Waals surface area contributed by atoms with Crippen LogP contribution in [0.25, 0.3) is 10.9 Å². The van der Waals surface area contributed by atoms with E-state index in [0.29, 0.717) is 10.9 Å². The molecule has 6 heteroatoms. The molecule has 2 heterocycles. The number of hydrogen-bond acceptors (Lipinski definition) is 4. The Hall–Kier alpha value is -1.47. The zero-order valence-corrected chi connectivity index (χ0v) is 9.98. The van der Waals surface area contributed by atoms with Crippen molar-refractivity contribution in [3.63, 3.8) is 0 Å². The maximum Gasteiger partial charge on any atom is 0.163 e. The molecule has 0 unspecified atom stereocenters. The van der Waals surface area contributed by atoms with Crippen LogP contribution in [-0.2, 0) is 4.74 Å². The van der Waals surface area contributed by atoms with Gasteiger partial charge in [0.15, 0.2) is 6.23 Å². The number of fused-ring (bicyclic) bond motifs is 1. The van der Waals surface area contributed by atoms with Crippen LogP contribution in [0.4, 0.5) is 4.39 Å². The average molecular weight is 267 g/mol. The number of rotatable bonds is 2. The molecule has 1 aromatic carbocycles. The topological polar surface area (TPSA) is 74.9 Å². The van der Waals surface area contributed by atoms with E-state index in [0.717, 1.165) is 0 Å². The normalized spacial score (nSPS) is 31.2. The average Bonchev–Trinajstić information content (AvgIpc) is 2.94. The molecule has 0 aliphatic carbocycles. The van der Waals surface area contributed by atoms with E-state index in [9.17, 15) is 14.6 Å². The lowest BCUT2D eigenvalue weighted by Gasteiger charge is -2.18. The van der Waals surface area contributed by atoms with E-state index in [2.05, 4.69) is 0 Å². The number of aliphatic hydroxyl groups excluding tert-OH is 3. The van der Waals surface area contributed by atoms with Crippen molar-refractivity contribution < 1.29 is 24.4 Å². The second-order valence-corrected chi connectivity index (χ2v) is 4.63. The molecule has 0 saturated carbocycles. The molecule has 4 atom stereocenters. The number of nitrogens with zero attached hydrogens (tertiary/aromatic N) is 1. The van der Waals surface area contributed by atoms with E-state index in [1.165, 1.54) is 10.6 Å². The van der Waals surface area contributed by atoms with Crippen LogP contribution in [0.2, 0.25) is 0 Å². The van der Waals surface area contributed by atoms with Gasteiger partial charge >= 0.3 is 0 Å². The Morgan fingerprint density at radius 2 is 2.00 bits per heavy atom. The largest absolute Gasteiger partial charge is 0.394 e. The van der Waals surface area contributed by atoms with Crippen molar-refractivity contribution in [2.24, 2.45) is 0 Å². The van der Waals surface area contributed by atoms with Crippen LogP contribution in [-0.4, -0.2) is 44.8 Å². The molecule has 0 amide bonds. The molecule has 3 N–H and O–H groups in total. The third-order valence-corrected chi connectivity index (χ3v) is 3.48. The van der Waals surface area contributed by atoms with Gasteiger partial charge in [-0.3, -0.25) is 0 Å². The van der Waals surface area contributed by atoms with E-state index < -0.39 is 37.0 Å². The van der Waals surface area contributed by atoms with Crippen molar-refractivity contribution in [3.8, 4) is 0 Å². The first-order chi connectivity index (χ1) is 9.13. The summed E-state index contributed by atoms with van der Waals surface area (Å²) in [4.78, 5) is 0. The molecule has 2 aromatic rings. The van der Waals surface area contributed by atoms with Crippen LogP contribution in [0.15, 0.2) is 30.5 Å². The lowest BCUT2D eigenvalue weighted by atomic mass is 10.1. The van der Waals surface area contributed by atoms with Crippen molar-refractivity contribution in [2.75, 3.05) is 6.61 Å². The Bertz CT molecular complexity index is 599. The molecule has 19 heavy (non-hydrogen) atoms. The Morgan fingerprint density at radius 3 is 2.68 bits per heavy atom. The number of aromatic nitrogens is 1. The number of ether oxygens (including phenoxy) is 1. The monoisotopic (exact) mass is 267 g/mol. The number of para-hydroxylation sites is 1. The van der Waals surface area contributed by atoms with E-state index in [-0.39, 0.29) is 0 Å². The van der Waals surface area contributed by atoms with Crippen molar-refractivity contribution in [2.45, 2.75) is 24.5 Å². The summed E-state index contributed by atoms with van der Waals surface area (Å²) in [5.74, 6) is -0.430. The van der Waals surface area contributed by atoms with Crippen molar-refractivity contribution in [1.29, 1.82) is 0 Å². The zero-order valence-electron chi connectivity index (χ0n) is 9.98. The van der Waals surface area contributed by atoms with Gasteiger partial charge in [-0.15, -0.1) is 0 Å². The van der Waals surface area contributed by atoms with Gasteiger partial charge in [0.1, 0.15) is 24.1 Å². The van der Waals surface area contributed by atoms with Crippen molar-refractivity contribution in [1.82, 2.24) is 4.57 Å². The molecule has 0 radical (unpaired) electrons. The molecule has 5 nitrogen and oxygen atoms in total. The summed E-state index contributed by atoms with van der Waals surface area (Å²) in [6, 6.07) is 6.36. The smallest absolute Gasteiger partial charge is 0.163 e. The molecule has 3 rings (SSSR count). The fraction of sp³-hybridized carbons (Fsp3) is 0.385. The molecular weight excluding hydrogens is 253 g/mol. The third-order valence-electron chi connectivity index (χ3n) is 3.48. The number of halogens is 1. The quantitative estimate of drug-likeness (QED) is 0.736. The SMILES string of the molecule is OC[C@H]1O[C@@H](n2ccc3cccc(F)c32)[C@H](O)[C@@H]1O. The van der Waals surface area contributed by atoms with E-state index >= 15 is 0 Å². The van der Waals surface area contributed by atoms with E-state index in [1.807, 2.05) is 0 Å². The number of benzene rings is 1. The standard InChI is InChI=1S/C13H14FNO4/c14-8-3-1-2-7-4-5-15(10(7)8)13-12(18)11(17)9(6-16)19-13/h1-5,9,11-13,16-18H,6H2/t9-,11-,12-,13-/m1/s1. The fourth-order valence-corrected chi connectivity index (χ4v) is 2.50. The molecule has 0 bridgehead atoms. The minimum atomic E-state index is -1.22. The highest BCUT2D eigenvalue weighted by molar-refractivity contribution is 5.80. The minimum Gasteiger partial charge on any atom is -0.394 e. The van der Waals surface area contributed by atoms with Gasteiger partial charge in [0.2, 0.25) is 0 Å². The summed E-state index contributed by atoms with van der Waals surface area (Å²) in [5.41, 5.74) is 0.303. The molecule has 1 saturated heterocycles. The first kappa shape index (κ1) is 12.6. The van der Waals surface area contributed by atoms with E-state index in [4.69, 9.17) is 9.84 Å². The van der Waals surface area contributed by atoms with Gasteiger partial charge in [0.25, 0.3) is 0 Å². The van der Waals surface area contributed by atoms with Gasteiger partial charge in [0, 0.05) is 11.6 Å². The van der Waals surface area contributed by atoms with Gasteiger partial charge in [-0.2, -0.15) is 0 Å². The van der Waals surface area contributed by atoms with Gasteiger partial charge in [-0.05, 0) is 12.1 Å². The first-order valence-corrected chi connectivity index (χ1v) is 6.01. The molecule has 1 aromatic heterocycles. The maximum absolute atomic E-state index is 13.9. The zero-order chi connectivity index (χ0) is 13.6. The lowest BCUT2D eigenvalue weighted by Crippen LogP contribution is -2.33. The molecule has 0 spiro atoms. The molecule has 102 valence electrons. The van der Waals surface area contributed by atoms with Crippen LogP contribution >= 0.6 is 0 Å². The Labute approximate surface area is 108 Å². The predicted molar refractivity (Wildman–Crippen MR) is 64.9 cm³/mol. The highest BCUT2D eigenvalue weighted by Crippen LogP contribution is 2.33. The molecule has 1 aliphatic rings. The second kappa shape index (κ2) is 4.57. The van der Waals surface area contributed by atoms with Crippen LogP contribution in [0.1, 0.15) is 6.23 Å². The minimum absolute atomic E-state index is 0.303. The lowest BCUT2D eigenvalue weighted by molar-refractivity contribution is -0.0508. The summed E-state index contributed by atoms with van der Waals surface area (Å²) in [6.07, 6.45) is -2.61. The predicted octanol–water partition coefficient (Wildman–Crippen LogP) is 0.392. The Kier molecular flexibility index (Phi) is 3.02. The third kappa shape index (κ3) is 1.84. The van der Waals surface area contributed by atoms with Gasteiger partial charge < -0.3 is 24.6 Å². The van der Waals surface area contributed by atoms with Gasteiger partial charge in [-0.25, -0.2) is 4.39 Å². The molecule has 1 fully saturated rings. The summed E-state index contributed by atoms with van der Waals surface area (Å²) in [6.45, 7) is -0.406. The summed E-state index contributed by atoms with van der Waals surface area (Å²) in [7, 11) is 0. The summed E-state index contributed by atoms with van der Waals surface area (Å²) < 4.78 is 20.7. The maximum atomic E-state index is 13.9.